The van der Waals surface area contributed by atoms with E-state index in [-0.39, 0.29) is 35.9 Å². The van der Waals surface area contributed by atoms with Crippen LogP contribution in [-0.2, 0) is 19.1 Å². The lowest BCUT2D eigenvalue weighted by Crippen LogP contribution is -2.54. The Balaban J connectivity index is 2.09. The van der Waals surface area contributed by atoms with Crippen LogP contribution in [0.25, 0.3) is 0 Å². The predicted octanol–water partition coefficient (Wildman–Crippen LogP) is 4.33. The molecule has 4 atom stereocenters. The summed E-state index contributed by atoms with van der Waals surface area (Å²) in [5.74, 6) is 0.152. The molecule has 7 heteroatoms. The predicted molar refractivity (Wildman–Crippen MR) is 119 cm³/mol. The molecule has 2 N–H and O–H groups in total. The van der Waals surface area contributed by atoms with Crippen LogP contribution in [0.5, 0.6) is 0 Å². The van der Waals surface area contributed by atoms with Crippen LogP contribution in [0.2, 0.25) is 0 Å². The molecule has 2 amide bonds. The van der Waals surface area contributed by atoms with Gasteiger partial charge in [-0.25, -0.2) is 4.79 Å². The number of rotatable bonds is 8. The zero-order chi connectivity index (χ0) is 23.2. The molecule has 0 spiro atoms. The molecule has 0 radical (unpaired) electrons. The first kappa shape index (κ1) is 25.5. The number of amides is 2. The first-order valence-corrected chi connectivity index (χ1v) is 11.9. The maximum absolute atomic E-state index is 13.2. The number of alkyl carbamates (subject to hydrolysis) is 1. The number of ether oxygens (including phenoxy) is 2. The van der Waals surface area contributed by atoms with Crippen molar-refractivity contribution in [3.05, 3.63) is 0 Å². The summed E-state index contributed by atoms with van der Waals surface area (Å²) in [7, 11) is 0. The van der Waals surface area contributed by atoms with Crippen LogP contribution in [0, 0.1) is 17.8 Å². The van der Waals surface area contributed by atoms with Gasteiger partial charge in [0.2, 0.25) is 5.91 Å². The third-order valence-electron chi connectivity index (χ3n) is 6.06. The Hall–Kier alpha value is -1.79. The lowest BCUT2D eigenvalue weighted by atomic mass is 9.83. The molecule has 2 rings (SSSR count). The van der Waals surface area contributed by atoms with Crippen molar-refractivity contribution >= 4 is 18.0 Å². The van der Waals surface area contributed by atoms with E-state index in [4.69, 9.17) is 9.47 Å². The number of esters is 1. The van der Waals surface area contributed by atoms with E-state index in [9.17, 15) is 14.4 Å². The minimum atomic E-state index is -0.696. The van der Waals surface area contributed by atoms with Crippen molar-refractivity contribution in [2.45, 2.75) is 117 Å². The van der Waals surface area contributed by atoms with Crippen molar-refractivity contribution in [3.8, 4) is 0 Å². The summed E-state index contributed by atoms with van der Waals surface area (Å²) in [6.07, 6.45) is 6.99. The molecule has 2 aliphatic rings. The van der Waals surface area contributed by atoms with Crippen LogP contribution in [0.4, 0.5) is 4.79 Å². The molecule has 0 aromatic carbocycles. The van der Waals surface area contributed by atoms with Gasteiger partial charge in [0.25, 0.3) is 0 Å². The molecule has 0 aromatic heterocycles. The first-order chi connectivity index (χ1) is 14.4. The summed E-state index contributed by atoms with van der Waals surface area (Å²) in [6.45, 7) is 11.3. The average molecular weight is 439 g/mol. The number of carbonyl (C=O) groups is 3. The summed E-state index contributed by atoms with van der Waals surface area (Å²) in [5, 5.41) is 5.88. The Kier molecular flexibility index (Phi) is 9.19. The van der Waals surface area contributed by atoms with Gasteiger partial charge in [0.1, 0.15) is 17.7 Å². The van der Waals surface area contributed by atoms with Crippen LogP contribution in [0.1, 0.15) is 92.9 Å². The van der Waals surface area contributed by atoms with Gasteiger partial charge in [-0.15, -0.1) is 0 Å². The summed E-state index contributed by atoms with van der Waals surface area (Å²) in [6, 6.07) is -0.933. The van der Waals surface area contributed by atoms with Crippen LogP contribution in [0.15, 0.2) is 0 Å². The van der Waals surface area contributed by atoms with Crippen LogP contribution in [-0.4, -0.2) is 41.8 Å². The highest BCUT2D eigenvalue weighted by atomic mass is 16.6. The van der Waals surface area contributed by atoms with Crippen molar-refractivity contribution in [1.82, 2.24) is 10.6 Å². The highest BCUT2D eigenvalue weighted by Crippen LogP contribution is 2.31. The van der Waals surface area contributed by atoms with E-state index in [1.807, 2.05) is 20.8 Å². The van der Waals surface area contributed by atoms with Gasteiger partial charge >= 0.3 is 12.1 Å². The summed E-state index contributed by atoms with van der Waals surface area (Å²) in [4.78, 5) is 37.6. The number of hydrogen-bond acceptors (Lipinski definition) is 5. The third kappa shape index (κ3) is 8.69. The molecule has 1 aliphatic carbocycles. The van der Waals surface area contributed by atoms with E-state index < -0.39 is 17.7 Å². The van der Waals surface area contributed by atoms with Crippen LogP contribution in [0.3, 0.4) is 0 Å². The molecule has 2 fully saturated rings. The Labute approximate surface area is 187 Å². The molecule has 1 saturated carbocycles. The molecule has 0 unspecified atom stereocenters. The average Bonchev–Trinajstić information content (AvgIpc) is 2.98. The summed E-state index contributed by atoms with van der Waals surface area (Å²) < 4.78 is 11.0. The second kappa shape index (κ2) is 11.2. The Morgan fingerprint density at radius 3 is 2.29 bits per heavy atom. The lowest BCUT2D eigenvalue weighted by molar-refractivity contribution is -0.145. The van der Waals surface area contributed by atoms with Crippen molar-refractivity contribution in [3.63, 3.8) is 0 Å². The fourth-order valence-electron chi connectivity index (χ4n) is 4.53. The molecular weight excluding hydrogens is 396 g/mol. The fourth-order valence-corrected chi connectivity index (χ4v) is 4.53. The number of cyclic esters (lactones) is 1. The van der Waals surface area contributed by atoms with E-state index in [1.165, 1.54) is 19.3 Å². The van der Waals surface area contributed by atoms with Gasteiger partial charge in [-0.2, -0.15) is 0 Å². The van der Waals surface area contributed by atoms with Crippen LogP contribution < -0.4 is 10.6 Å². The summed E-state index contributed by atoms with van der Waals surface area (Å²) >= 11 is 0. The van der Waals surface area contributed by atoms with Crippen molar-refractivity contribution in [1.29, 1.82) is 0 Å². The second-order valence-electron chi connectivity index (χ2n) is 10.8. The monoisotopic (exact) mass is 438 g/mol. The topological polar surface area (TPSA) is 93.7 Å². The van der Waals surface area contributed by atoms with E-state index in [0.717, 1.165) is 19.3 Å². The SMILES string of the molecule is CC(C)C[C@H](NC(=O)OC(C)(C)C)C(=O)N[C@@H](CC1CCCCC1)[C@@H]1C[C@@H](C)C(=O)O1. The van der Waals surface area contributed by atoms with E-state index in [2.05, 4.69) is 10.6 Å². The van der Waals surface area contributed by atoms with Gasteiger partial charge < -0.3 is 20.1 Å². The molecule has 0 aromatic rings. The third-order valence-corrected chi connectivity index (χ3v) is 6.06. The molecular formula is C24H42N2O5. The maximum Gasteiger partial charge on any atom is 0.408 e. The second-order valence-corrected chi connectivity index (χ2v) is 10.8. The van der Waals surface area contributed by atoms with E-state index in [1.54, 1.807) is 20.8 Å². The summed E-state index contributed by atoms with van der Waals surface area (Å²) in [5.41, 5.74) is -0.638. The maximum atomic E-state index is 13.2. The number of hydrogen-bond donors (Lipinski definition) is 2. The quantitative estimate of drug-likeness (QED) is 0.550. The van der Waals surface area contributed by atoms with Gasteiger partial charge in [0.15, 0.2) is 0 Å². The van der Waals surface area contributed by atoms with Crippen LogP contribution >= 0.6 is 0 Å². The molecule has 1 aliphatic heterocycles. The molecule has 1 saturated heterocycles. The minimum absolute atomic E-state index is 0.151. The number of nitrogens with one attached hydrogen (secondary N) is 2. The number of carbonyl (C=O) groups excluding carboxylic acids is 3. The zero-order valence-electron chi connectivity index (χ0n) is 20.2. The van der Waals surface area contributed by atoms with Gasteiger partial charge in [-0.1, -0.05) is 52.9 Å². The Morgan fingerprint density at radius 2 is 1.77 bits per heavy atom. The van der Waals surface area contributed by atoms with Crippen molar-refractivity contribution < 1.29 is 23.9 Å². The fraction of sp³-hybridized carbons (Fsp3) is 0.875. The first-order valence-electron chi connectivity index (χ1n) is 11.9. The van der Waals surface area contributed by atoms with Crippen molar-refractivity contribution in [2.75, 3.05) is 0 Å². The normalized spacial score (nSPS) is 24.4. The Morgan fingerprint density at radius 1 is 1.13 bits per heavy atom. The highest BCUT2D eigenvalue weighted by molar-refractivity contribution is 5.86. The highest BCUT2D eigenvalue weighted by Gasteiger charge is 2.39. The minimum Gasteiger partial charge on any atom is -0.460 e. The largest absolute Gasteiger partial charge is 0.460 e. The molecule has 7 nitrogen and oxygen atoms in total. The molecule has 178 valence electrons. The molecule has 31 heavy (non-hydrogen) atoms. The van der Waals surface area contributed by atoms with Crippen molar-refractivity contribution in [2.24, 2.45) is 17.8 Å². The smallest absolute Gasteiger partial charge is 0.408 e. The lowest BCUT2D eigenvalue weighted by Gasteiger charge is -2.31. The standard InChI is InChI=1S/C24H42N2O5/c1-15(2)12-19(26-23(29)31-24(4,5)6)21(27)25-18(14-17-10-8-7-9-11-17)20-13-16(3)22(28)30-20/h15-20H,7-14H2,1-6H3,(H,25,27)(H,26,29)/t16-,18+,19+,20+/m1/s1. The molecule has 1 heterocycles. The van der Waals surface area contributed by atoms with Gasteiger partial charge in [0, 0.05) is 0 Å². The van der Waals surface area contributed by atoms with Gasteiger partial charge in [-0.3, -0.25) is 9.59 Å². The Bertz CT molecular complexity index is 622. The van der Waals surface area contributed by atoms with Gasteiger partial charge in [0.05, 0.1) is 12.0 Å². The molecule has 0 bridgehead atoms. The van der Waals surface area contributed by atoms with Gasteiger partial charge in [-0.05, 0) is 51.9 Å². The zero-order valence-corrected chi connectivity index (χ0v) is 20.2. The van der Waals surface area contributed by atoms with E-state index in [0.29, 0.717) is 18.8 Å². The van der Waals surface area contributed by atoms with E-state index >= 15 is 0 Å².